The molecule has 0 radical (unpaired) electrons. The molecule has 0 aliphatic heterocycles. The van der Waals surface area contributed by atoms with Crippen molar-refractivity contribution in [2.75, 3.05) is 10.6 Å². The molecule has 2 fully saturated rings. The maximum atomic E-state index is 4.84. The van der Waals surface area contributed by atoms with Crippen LogP contribution < -0.4 is 10.6 Å². The van der Waals surface area contributed by atoms with Crippen LogP contribution in [0.2, 0.25) is 0 Å². The highest BCUT2D eigenvalue weighted by Gasteiger charge is 2.32. The van der Waals surface area contributed by atoms with Crippen molar-refractivity contribution in [2.24, 2.45) is 16.8 Å². The summed E-state index contributed by atoms with van der Waals surface area (Å²) in [6.45, 7) is 0. The normalized spacial score (nSPS) is 24.4. The van der Waals surface area contributed by atoms with Crippen LogP contribution in [0, 0.1) is 11.8 Å². The molecule has 2 saturated carbocycles. The van der Waals surface area contributed by atoms with E-state index in [0.717, 1.165) is 11.4 Å². The Morgan fingerprint density at radius 2 is 0.925 bits per heavy atom. The lowest BCUT2D eigenvalue weighted by Crippen LogP contribution is -2.31. The number of rotatable bonds is 7. The van der Waals surface area contributed by atoms with Gasteiger partial charge in [0, 0.05) is 23.5 Å². The molecule has 0 heterocycles. The number of hydrogen-bond acceptors (Lipinski definition) is 3. The van der Waals surface area contributed by atoms with Gasteiger partial charge in [-0.05, 0) is 117 Å². The Morgan fingerprint density at radius 1 is 0.500 bits per heavy atom. The number of nitrogens with one attached hydrogen (secondary N) is 2. The van der Waals surface area contributed by atoms with E-state index in [1.54, 1.807) is 5.57 Å². The standard InChI is InChI=1S/C37H41N3/c1-4-10-31(11-5-1)38-34-22-16-28(17-23-34)37(29-18-24-35(25-19-29)39-32-12-6-2-7-13-32)30-20-26-36(27-21-30)40-33-14-8-3-9-15-33/h1-17,22-23,29-30,35-36,39-40H,18-21,24-27H2. The zero-order chi connectivity index (χ0) is 27.0. The number of benzene rings is 3. The maximum absolute atomic E-state index is 4.84. The fourth-order valence-corrected chi connectivity index (χ4v) is 6.82. The Kier molecular flexibility index (Phi) is 8.57. The molecule has 0 bridgehead atoms. The van der Waals surface area contributed by atoms with Gasteiger partial charge in [0.25, 0.3) is 0 Å². The van der Waals surface area contributed by atoms with Crippen LogP contribution >= 0.6 is 0 Å². The molecule has 40 heavy (non-hydrogen) atoms. The third-order valence-electron chi connectivity index (χ3n) is 8.84. The van der Waals surface area contributed by atoms with Crippen LogP contribution in [0.5, 0.6) is 0 Å². The van der Waals surface area contributed by atoms with E-state index < -0.39 is 0 Å². The van der Waals surface area contributed by atoms with Crippen molar-refractivity contribution in [1.29, 1.82) is 0 Å². The van der Waals surface area contributed by atoms with E-state index in [2.05, 4.69) is 108 Å². The van der Waals surface area contributed by atoms with Crippen LogP contribution in [0.15, 0.2) is 131 Å². The molecular formula is C37H41N3. The SMILES string of the molecule is C1=CC(=C(C2CCC(Nc3ccccc3)CC2)C2CCC(Nc3ccccc3)CC2)C=CC1=Nc1ccccc1. The predicted molar refractivity (Wildman–Crippen MR) is 170 cm³/mol. The van der Waals surface area contributed by atoms with Gasteiger partial charge in [-0.25, -0.2) is 4.99 Å². The van der Waals surface area contributed by atoms with Crippen LogP contribution in [-0.2, 0) is 0 Å². The summed E-state index contributed by atoms with van der Waals surface area (Å²) in [5, 5.41) is 7.58. The fraction of sp³-hybridized carbons (Fsp3) is 0.324. The molecule has 3 aliphatic carbocycles. The van der Waals surface area contributed by atoms with Gasteiger partial charge in [0.05, 0.1) is 11.4 Å². The van der Waals surface area contributed by atoms with Gasteiger partial charge in [0.15, 0.2) is 0 Å². The molecule has 0 amide bonds. The summed E-state index contributed by atoms with van der Waals surface area (Å²) in [4.78, 5) is 4.84. The first-order valence-electron chi connectivity index (χ1n) is 15.2. The van der Waals surface area contributed by atoms with Gasteiger partial charge < -0.3 is 10.6 Å². The van der Waals surface area contributed by atoms with E-state index >= 15 is 0 Å². The largest absolute Gasteiger partial charge is 0.382 e. The van der Waals surface area contributed by atoms with Crippen molar-refractivity contribution >= 4 is 22.8 Å². The van der Waals surface area contributed by atoms with Gasteiger partial charge in [0.2, 0.25) is 0 Å². The molecule has 0 atom stereocenters. The molecule has 3 aromatic carbocycles. The van der Waals surface area contributed by atoms with Crippen molar-refractivity contribution in [2.45, 2.75) is 63.5 Å². The molecule has 0 spiro atoms. The second kappa shape index (κ2) is 13.0. The molecule has 6 rings (SSSR count). The maximum Gasteiger partial charge on any atom is 0.0637 e. The summed E-state index contributed by atoms with van der Waals surface area (Å²) in [5.41, 5.74) is 7.68. The van der Waals surface area contributed by atoms with E-state index in [4.69, 9.17) is 4.99 Å². The number of nitrogens with zero attached hydrogens (tertiary/aromatic N) is 1. The molecule has 3 nitrogen and oxygen atoms in total. The zero-order valence-corrected chi connectivity index (χ0v) is 23.4. The van der Waals surface area contributed by atoms with E-state index in [0.29, 0.717) is 23.9 Å². The Balaban J connectivity index is 1.17. The monoisotopic (exact) mass is 527 g/mol. The van der Waals surface area contributed by atoms with E-state index in [1.165, 1.54) is 68.3 Å². The van der Waals surface area contributed by atoms with Gasteiger partial charge in [-0.3, -0.25) is 0 Å². The van der Waals surface area contributed by atoms with E-state index in [-0.39, 0.29) is 0 Å². The first-order chi connectivity index (χ1) is 19.8. The minimum Gasteiger partial charge on any atom is -0.382 e. The lowest BCUT2D eigenvalue weighted by atomic mass is 9.70. The number of para-hydroxylation sites is 3. The molecule has 0 aromatic heterocycles. The van der Waals surface area contributed by atoms with Gasteiger partial charge in [-0.2, -0.15) is 0 Å². The van der Waals surface area contributed by atoms with Gasteiger partial charge in [0.1, 0.15) is 0 Å². The second-order valence-corrected chi connectivity index (χ2v) is 11.6. The molecule has 2 N–H and O–H groups in total. The predicted octanol–water partition coefficient (Wildman–Crippen LogP) is 9.52. The van der Waals surface area contributed by atoms with Crippen LogP contribution in [0.1, 0.15) is 51.4 Å². The quantitative estimate of drug-likeness (QED) is 0.321. The van der Waals surface area contributed by atoms with Gasteiger partial charge >= 0.3 is 0 Å². The van der Waals surface area contributed by atoms with Crippen LogP contribution in [-0.4, -0.2) is 17.8 Å². The lowest BCUT2D eigenvalue weighted by Gasteiger charge is -2.38. The van der Waals surface area contributed by atoms with Crippen LogP contribution in [0.4, 0.5) is 17.1 Å². The topological polar surface area (TPSA) is 36.4 Å². The molecule has 3 aromatic rings. The average molecular weight is 528 g/mol. The van der Waals surface area contributed by atoms with Crippen molar-refractivity contribution in [3.63, 3.8) is 0 Å². The van der Waals surface area contributed by atoms with Crippen LogP contribution in [0.25, 0.3) is 0 Å². The number of aliphatic imine (C=N–C) groups is 1. The van der Waals surface area contributed by atoms with Gasteiger partial charge in [-0.15, -0.1) is 0 Å². The smallest absolute Gasteiger partial charge is 0.0637 e. The van der Waals surface area contributed by atoms with Crippen molar-refractivity contribution < 1.29 is 0 Å². The highest BCUT2D eigenvalue weighted by Crippen LogP contribution is 2.43. The molecule has 0 saturated heterocycles. The Bertz CT molecular complexity index is 1260. The highest BCUT2D eigenvalue weighted by molar-refractivity contribution is 6.07. The lowest BCUT2D eigenvalue weighted by molar-refractivity contribution is 0.306. The third-order valence-corrected chi connectivity index (χ3v) is 8.84. The molecule has 0 unspecified atom stereocenters. The number of anilines is 2. The van der Waals surface area contributed by atoms with Crippen molar-refractivity contribution in [3.05, 3.63) is 126 Å². The minimum atomic E-state index is 0.567. The molecule has 3 heteroatoms. The highest BCUT2D eigenvalue weighted by atomic mass is 14.9. The summed E-state index contributed by atoms with van der Waals surface area (Å²) in [7, 11) is 0. The van der Waals surface area contributed by atoms with Crippen molar-refractivity contribution in [1.82, 2.24) is 0 Å². The Labute approximate surface area is 239 Å². The average Bonchev–Trinajstić information content (AvgIpc) is 3.01. The van der Waals surface area contributed by atoms with Crippen molar-refractivity contribution in [3.8, 4) is 0 Å². The molecule has 3 aliphatic rings. The molecule has 204 valence electrons. The summed E-state index contributed by atoms with van der Waals surface area (Å²) in [6.07, 6.45) is 19.1. The summed E-state index contributed by atoms with van der Waals surface area (Å²) >= 11 is 0. The Morgan fingerprint density at radius 3 is 1.38 bits per heavy atom. The van der Waals surface area contributed by atoms with E-state index in [9.17, 15) is 0 Å². The first kappa shape index (κ1) is 26.4. The van der Waals surface area contributed by atoms with Gasteiger partial charge in [-0.1, -0.05) is 72.3 Å². The summed E-state index contributed by atoms with van der Waals surface area (Å²) in [6, 6.07) is 32.8. The Hall–Kier alpha value is -3.85. The first-order valence-corrected chi connectivity index (χ1v) is 15.2. The number of allylic oxidation sites excluding steroid dienone is 6. The van der Waals surface area contributed by atoms with E-state index in [1.807, 2.05) is 18.2 Å². The third kappa shape index (κ3) is 6.83. The molecular weight excluding hydrogens is 486 g/mol. The summed E-state index contributed by atoms with van der Waals surface area (Å²) < 4.78 is 0. The second-order valence-electron chi connectivity index (χ2n) is 11.6. The number of hydrogen-bond donors (Lipinski definition) is 2. The van der Waals surface area contributed by atoms with Crippen LogP contribution in [0.3, 0.4) is 0 Å². The minimum absolute atomic E-state index is 0.567. The fourth-order valence-electron chi connectivity index (χ4n) is 6.82. The summed E-state index contributed by atoms with van der Waals surface area (Å²) in [5.74, 6) is 1.32. The zero-order valence-electron chi connectivity index (χ0n) is 23.4.